The normalized spacial score (nSPS) is 12.6. The number of rotatable bonds is 6. The summed E-state index contributed by atoms with van der Waals surface area (Å²) in [4.78, 5) is 4.34. The van der Waals surface area contributed by atoms with Gasteiger partial charge in [0.25, 0.3) is 0 Å². The third-order valence-corrected chi connectivity index (χ3v) is 2.79. The van der Waals surface area contributed by atoms with Gasteiger partial charge in [-0.15, -0.1) is 0 Å². The van der Waals surface area contributed by atoms with E-state index in [1.54, 1.807) is 0 Å². The van der Waals surface area contributed by atoms with E-state index in [4.69, 9.17) is 9.47 Å². The maximum absolute atomic E-state index is 9.25. The molecule has 1 unspecified atom stereocenters. The first kappa shape index (κ1) is 13.8. The van der Waals surface area contributed by atoms with E-state index in [0.717, 1.165) is 10.8 Å². The number of hydrogen-bond acceptors (Lipinski definition) is 4. The largest absolute Gasteiger partial charge is 0.472 e. The smallest absolute Gasteiger partial charge is 0.222 e. The van der Waals surface area contributed by atoms with Crippen LogP contribution in [0.5, 0.6) is 5.88 Å². The minimum atomic E-state index is -0.0962. The highest BCUT2D eigenvalue weighted by Crippen LogP contribution is 2.25. The number of aliphatic hydroxyl groups excluding tert-OH is 1. The van der Waals surface area contributed by atoms with Crippen molar-refractivity contribution in [3.63, 3.8) is 0 Å². The molecular formula is C15H19NO3. The predicted molar refractivity (Wildman–Crippen MR) is 74.2 cm³/mol. The SMILES string of the molecule is CCOCC(C)Oc1nc(CO)cc2ccccc12. The molecule has 4 nitrogen and oxygen atoms in total. The van der Waals surface area contributed by atoms with Gasteiger partial charge in [-0.2, -0.15) is 0 Å². The van der Waals surface area contributed by atoms with Gasteiger partial charge in [0, 0.05) is 12.0 Å². The van der Waals surface area contributed by atoms with Crippen molar-refractivity contribution in [3.8, 4) is 5.88 Å². The van der Waals surface area contributed by atoms with E-state index in [0.29, 0.717) is 24.8 Å². The second-order valence-corrected chi connectivity index (χ2v) is 4.39. The zero-order valence-electron chi connectivity index (χ0n) is 11.3. The zero-order chi connectivity index (χ0) is 13.7. The van der Waals surface area contributed by atoms with E-state index in [1.165, 1.54) is 0 Å². The number of ether oxygens (including phenoxy) is 2. The third-order valence-electron chi connectivity index (χ3n) is 2.79. The van der Waals surface area contributed by atoms with Gasteiger partial charge in [-0.25, -0.2) is 4.98 Å². The van der Waals surface area contributed by atoms with Crippen LogP contribution in [0.25, 0.3) is 10.8 Å². The number of pyridine rings is 1. The molecule has 0 aliphatic rings. The highest BCUT2D eigenvalue weighted by molar-refractivity contribution is 5.87. The average molecular weight is 261 g/mol. The Hall–Kier alpha value is -1.65. The zero-order valence-corrected chi connectivity index (χ0v) is 11.3. The van der Waals surface area contributed by atoms with Gasteiger partial charge in [0.2, 0.25) is 5.88 Å². The molecule has 0 amide bonds. The van der Waals surface area contributed by atoms with Crippen LogP contribution in [0.3, 0.4) is 0 Å². The molecule has 0 saturated heterocycles. The van der Waals surface area contributed by atoms with E-state index >= 15 is 0 Å². The van der Waals surface area contributed by atoms with Crippen LogP contribution in [0.4, 0.5) is 0 Å². The van der Waals surface area contributed by atoms with Crippen LogP contribution in [0, 0.1) is 0 Å². The van der Waals surface area contributed by atoms with Gasteiger partial charge in [-0.3, -0.25) is 0 Å². The van der Waals surface area contributed by atoms with Crippen LogP contribution in [-0.4, -0.2) is 29.4 Å². The number of benzene rings is 1. The first-order chi connectivity index (χ1) is 9.24. The highest BCUT2D eigenvalue weighted by Gasteiger charge is 2.10. The van der Waals surface area contributed by atoms with Gasteiger partial charge in [-0.05, 0) is 31.4 Å². The minimum absolute atomic E-state index is 0.0789. The Labute approximate surface area is 113 Å². The lowest BCUT2D eigenvalue weighted by Crippen LogP contribution is -2.20. The summed E-state index contributed by atoms with van der Waals surface area (Å²) in [6, 6.07) is 9.72. The molecule has 102 valence electrons. The van der Waals surface area contributed by atoms with Crippen LogP contribution >= 0.6 is 0 Å². The topological polar surface area (TPSA) is 51.6 Å². The van der Waals surface area contributed by atoms with Crippen LogP contribution in [0.1, 0.15) is 19.5 Å². The van der Waals surface area contributed by atoms with Crippen molar-refractivity contribution in [2.75, 3.05) is 13.2 Å². The Morgan fingerprint density at radius 3 is 2.84 bits per heavy atom. The lowest BCUT2D eigenvalue weighted by molar-refractivity contribution is 0.0640. The molecule has 0 fully saturated rings. The Morgan fingerprint density at radius 1 is 1.32 bits per heavy atom. The predicted octanol–water partition coefficient (Wildman–Crippen LogP) is 2.53. The van der Waals surface area contributed by atoms with Crippen LogP contribution in [-0.2, 0) is 11.3 Å². The van der Waals surface area contributed by atoms with E-state index in [2.05, 4.69) is 4.98 Å². The Kier molecular flexibility index (Phi) is 4.71. The fourth-order valence-electron chi connectivity index (χ4n) is 1.90. The third kappa shape index (κ3) is 3.43. The van der Waals surface area contributed by atoms with Crippen molar-refractivity contribution < 1.29 is 14.6 Å². The van der Waals surface area contributed by atoms with Crippen LogP contribution in [0.2, 0.25) is 0 Å². The molecule has 1 heterocycles. The first-order valence-corrected chi connectivity index (χ1v) is 6.48. The van der Waals surface area contributed by atoms with Crippen LogP contribution < -0.4 is 4.74 Å². The standard InChI is InChI=1S/C15H19NO3/c1-3-18-10-11(2)19-15-14-7-5-4-6-12(14)8-13(9-17)16-15/h4-8,11,17H,3,9-10H2,1-2H3. The summed E-state index contributed by atoms with van der Waals surface area (Å²) >= 11 is 0. The number of aromatic nitrogens is 1. The molecule has 1 aromatic carbocycles. The molecule has 19 heavy (non-hydrogen) atoms. The first-order valence-electron chi connectivity index (χ1n) is 6.48. The second-order valence-electron chi connectivity index (χ2n) is 4.39. The van der Waals surface area contributed by atoms with Gasteiger partial charge in [0.15, 0.2) is 0 Å². The summed E-state index contributed by atoms with van der Waals surface area (Å²) in [5.74, 6) is 0.550. The molecule has 4 heteroatoms. The molecule has 1 atom stereocenters. The minimum Gasteiger partial charge on any atom is -0.472 e. The lowest BCUT2D eigenvalue weighted by Gasteiger charge is -2.16. The van der Waals surface area contributed by atoms with Gasteiger partial charge in [0.05, 0.1) is 18.9 Å². The number of hydrogen-bond donors (Lipinski definition) is 1. The van der Waals surface area contributed by atoms with E-state index in [1.807, 2.05) is 44.2 Å². The van der Waals surface area contributed by atoms with Crippen molar-refractivity contribution in [2.45, 2.75) is 26.6 Å². The molecule has 1 aromatic heterocycles. The van der Waals surface area contributed by atoms with Crippen LogP contribution in [0.15, 0.2) is 30.3 Å². The summed E-state index contributed by atoms with van der Waals surface area (Å²) in [5.41, 5.74) is 0.609. The number of nitrogens with zero attached hydrogens (tertiary/aromatic N) is 1. The van der Waals surface area contributed by atoms with Gasteiger partial charge in [-0.1, -0.05) is 18.2 Å². The molecule has 2 rings (SSSR count). The van der Waals surface area contributed by atoms with Crippen molar-refractivity contribution in [1.29, 1.82) is 0 Å². The molecule has 0 radical (unpaired) electrons. The van der Waals surface area contributed by atoms with Crippen molar-refractivity contribution in [2.24, 2.45) is 0 Å². The van der Waals surface area contributed by atoms with Crippen molar-refractivity contribution in [1.82, 2.24) is 4.98 Å². The molecule has 0 bridgehead atoms. The quantitative estimate of drug-likeness (QED) is 0.868. The van der Waals surface area contributed by atoms with Gasteiger partial charge in [0.1, 0.15) is 6.10 Å². The fourth-order valence-corrected chi connectivity index (χ4v) is 1.90. The monoisotopic (exact) mass is 261 g/mol. The van der Waals surface area contributed by atoms with E-state index in [-0.39, 0.29) is 12.7 Å². The summed E-state index contributed by atoms with van der Waals surface area (Å²) in [7, 11) is 0. The van der Waals surface area contributed by atoms with Crippen molar-refractivity contribution >= 4 is 10.8 Å². The summed E-state index contributed by atoms with van der Waals surface area (Å²) in [5, 5.41) is 11.2. The number of aliphatic hydroxyl groups is 1. The molecule has 1 N–H and O–H groups in total. The Bertz CT molecular complexity index is 542. The second kappa shape index (κ2) is 6.50. The van der Waals surface area contributed by atoms with E-state index < -0.39 is 0 Å². The fraction of sp³-hybridized carbons (Fsp3) is 0.400. The Morgan fingerprint density at radius 2 is 2.11 bits per heavy atom. The lowest BCUT2D eigenvalue weighted by atomic mass is 10.1. The molecular weight excluding hydrogens is 242 g/mol. The van der Waals surface area contributed by atoms with Gasteiger partial charge < -0.3 is 14.6 Å². The molecule has 0 saturated carbocycles. The molecule has 2 aromatic rings. The summed E-state index contributed by atoms with van der Waals surface area (Å²) in [6.45, 7) is 4.99. The molecule has 0 aliphatic carbocycles. The molecule has 0 spiro atoms. The summed E-state index contributed by atoms with van der Waals surface area (Å²) in [6.07, 6.45) is -0.0789. The maximum atomic E-state index is 9.25. The average Bonchev–Trinajstić information content (AvgIpc) is 2.44. The van der Waals surface area contributed by atoms with Crippen molar-refractivity contribution in [3.05, 3.63) is 36.0 Å². The highest BCUT2D eigenvalue weighted by atomic mass is 16.5. The van der Waals surface area contributed by atoms with E-state index in [9.17, 15) is 5.11 Å². The van der Waals surface area contributed by atoms with Gasteiger partial charge >= 0.3 is 0 Å². The maximum Gasteiger partial charge on any atom is 0.222 e. The number of fused-ring (bicyclic) bond motifs is 1. The molecule has 0 aliphatic heterocycles. The Balaban J connectivity index is 2.29. The summed E-state index contributed by atoms with van der Waals surface area (Å²) < 4.78 is 11.2.